The Bertz CT molecular complexity index is 1030. The van der Waals surface area contributed by atoms with Crippen LogP contribution >= 0.6 is 11.6 Å². The van der Waals surface area contributed by atoms with Crippen molar-refractivity contribution in [1.29, 1.82) is 0 Å². The highest BCUT2D eigenvalue weighted by atomic mass is 35.5. The Kier molecular flexibility index (Phi) is 6.11. The molecule has 1 N–H and O–H groups in total. The third-order valence-electron chi connectivity index (χ3n) is 4.13. The van der Waals surface area contributed by atoms with Gasteiger partial charge in [0.05, 0.1) is 0 Å². The van der Waals surface area contributed by atoms with Crippen molar-refractivity contribution in [1.82, 2.24) is 9.55 Å². The predicted octanol–water partition coefficient (Wildman–Crippen LogP) is 3.48. The standard InChI is InChI=1S/C21H21ClN4O2/c1-15-11-20(28)26(14-19(27)24-18-10-6-9-17(22)12-18)21(23-15)25(2)13-16-7-4-3-5-8-16/h3-12H,13-14H2,1-2H3,(H,24,27). The molecule has 7 heteroatoms. The Hall–Kier alpha value is -3.12. The maximum Gasteiger partial charge on any atom is 0.255 e. The van der Waals surface area contributed by atoms with Crippen LogP contribution in [-0.4, -0.2) is 22.5 Å². The average molecular weight is 397 g/mol. The lowest BCUT2D eigenvalue weighted by molar-refractivity contribution is -0.116. The maximum absolute atomic E-state index is 12.6. The molecule has 28 heavy (non-hydrogen) atoms. The third kappa shape index (κ3) is 4.98. The van der Waals surface area contributed by atoms with Gasteiger partial charge in [0, 0.05) is 36.1 Å². The van der Waals surface area contributed by atoms with E-state index in [9.17, 15) is 9.59 Å². The van der Waals surface area contributed by atoms with Gasteiger partial charge < -0.3 is 10.2 Å². The van der Waals surface area contributed by atoms with E-state index in [1.807, 2.05) is 42.3 Å². The van der Waals surface area contributed by atoms with Crippen LogP contribution in [0.3, 0.4) is 0 Å². The minimum Gasteiger partial charge on any atom is -0.341 e. The van der Waals surface area contributed by atoms with Crippen LogP contribution in [-0.2, 0) is 17.9 Å². The molecule has 2 aromatic carbocycles. The van der Waals surface area contributed by atoms with Crippen LogP contribution in [0.25, 0.3) is 0 Å². The fourth-order valence-corrected chi connectivity index (χ4v) is 3.07. The number of rotatable bonds is 6. The summed E-state index contributed by atoms with van der Waals surface area (Å²) in [4.78, 5) is 31.4. The van der Waals surface area contributed by atoms with E-state index in [0.717, 1.165) is 5.56 Å². The van der Waals surface area contributed by atoms with Crippen molar-refractivity contribution < 1.29 is 4.79 Å². The lowest BCUT2D eigenvalue weighted by Gasteiger charge is -2.22. The molecule has 0 aliphatic heterocycles. The second-order valence-corrected chi connectivity index (χ2v) is 6.96. The summed E-state index contributed by atoms with van der Waals surface area (Å²) in [7, 11) is 1.85. The summed E-state index contributed by atoms with van der Waals surface area (Å²) >= 11 is 5.95. The molecule has 0 radical (unpaired) electrons. The molecule has 144 valence electrons. The SMILES string of the molecule is Cc1cc(=O)n(CC(=O)Nc2cccc(Cl)c2)c(N(C)Cc2ccccc2)n1. The van der Waals surface area contributed by atoms with E-state index in [2.05, 4.69) is 10.3 Å². The number of aryl methyl sites for hydroxylation is 1. The number of nitrogens with one attached hydrogen (secondary N) is 1. The molecule has 0 saturated heterocycles. The van der Waals surface area contributed by atoms with Crippen molar-refractivity contribution in [3.05, 3.63) is 87.3 Å². The Morgan fingerprint density at radius 2 is 1.89 bits per heavy atom. The van der Waals surface area contributed by atoms with Crippen molar-refractivity contribution in [2.75, 3.05) is 17.3 Å². The van der Waals surface area contributed by atoms with Crippen LogP contribution in [0, 0.1) is 6.92 Å². The van der Waals surface area contributed by atoms with E-state index in [-0.39, 0.29) is 18.0 Å². The van der Waals surface area contributed by atoms with Crippen molar-refractivity contribution in [2.24, 2.45) is 0 Å². The number of anilines is 2. The van der Waals surface area contributed by atoms with Crippen LogP contribution in [0.15, 0.2) is 65.5 Å². The molecular weight excluding hydrogens is 376 g/mol. The topological polar surface area (TPSA) is 67.2 Å². The van der Waals surface area contributed by atoms with Gasteiger partial charge in [0.1, 0.15) is 6.54 Å². The number of amides is 1. The number of nitrogens with zero attached hydrogens (tertiary/aromatic N) is 3. The van der Waals surface area contributed by atoms with E-state index in [1.165, 1.54) is 10.6 Å². The van der Waals surface area contributed by atoms with Gasteiger partial charge in [-0.25, -0.2) is 4.98 Å². The summed E-state index contributed by atoms with van der Waals surface area (Å²) in [6.07, 6.45) is 0. The molecule has 1 amide bonds. The Morgan fingerprint density at radius 3 is 2.61 bits per heavy atom. The van der Waals surface area contributed by atoms with Gasteiger partial charge in [-0.3, -0.25) is 14.2 Å². The first kappa shape index (κ1) is 19.6. The number of hydrogen-bond acceptors (Lipinski definition) is 4. The molecule has 1 heterocycles. The van der Waals surface area contributed by atoms with Gasteiger partial charge in [0.2, 0.25) is 11.9 Å². The first-order valence-corrected chi connectivity index (χ1v) is 9.19. The van der Waals surface area contributed by atoms with Gasteiger partial charge in [-0.05, 0) is 30.7 Å². The van der Waals surface area contributed by atoms with E-state index >= 15 is 0 Å². The lowest BCUT2D eigenvalue weighted by atomic mass is 10.2. The van der Waals surface area contributed by atoms with E-state index in [4.69, 9.17) is 11.6 Å². The lowest BCUT2D eigenvalue weighted by Crippen LogP contribution is -2.34. The molecule has 0 spiro atoms. The molecule has 0 bridgehead atoms. The second kappa shape index (κ2) is 8.71. The van der Waals surface area contributed by atoms with Crippen molar-refractivity contribution in [2.45, 2.75) is 20.0 Å². The van der Waals surface area contributed by atoms with Crippen LogP contribution in [0.1, 0.15) is 11.3 Å². The highest BCUT2D eigenvalue weighted by molar-refractivity contribution is 6.30. The van der Waals surface area contributed by atoms with Gasteiger partial charge in [-0.15, -0.1) is 0 Å². The summed E-state index contributed by atoms with van der Waals surface area (Å²) in [5.41, 5.74) is 1.98. The highest BCUT2D eigenvalue weighted by Gasteiger charge is 2.15. The normalized spacial score (nSPS) is 10.5. The minimum absolute atomic E-state index is 0.146. The number of hydrogen-bond donors (Lipinski definition) is 1. The molecule has 0 aliphatic carbocycles. The zero-order chi connectivity index (χ0) is 20.1. The van der Waals surface area contributed by atoms with Gasteiger partial charge in [-0.2, -0.15) is 0 Å². The number of aromatic nitrogens is 2. The maximum atomic E-state index is 12.6. The van der Waals surface area contributed by atoms with Gasteiger partial charge >= 0.3 is 0 Å². The molecule has 0 saturated carbocycles. The zero-order valence-electron chi connectivity index (χ0n) is 15.7. The molecule has 3 rings (SSSR count). The summed E-state index contributed by atoms with van der Waals surface area (Å²) in [5.74, 6) is 0.111. The smallest absolute Gasteiger partial charge is 0.255 e. The van der Waals surface area contributed by atoms with Crippen LogP contribution in [0.5, 0.6) is 0 Å². The number of carbonyl (C=O) groups excluding carboxylic acids is 1. The van der Waals surface area contributed by atoms with Gasteiger partial charge in [0.15, 0.2) is 0 Å². The molecular formula is C21H21ClN4O2. The quantitative estimate of drug-likeness (QED) is 0.692. The molecule has 0 unspecified atom stereocenters. The molecule has 0 atom stereocenters. The Balaban J connectivity index is 1.83. The average Bonchev–Trinajstić information content (AvgIpc) is 2.64. The van der Waals surface area contributed by atoms with E-state index in [0.29, 0.717) is 28.9 Å². The Morgan fingerprint density at radius 1 is 1.14 bits per heavy atom. The monoisotopic (exact) mass is 396 g/mol. The number of carbonyl (C=O) groups is 1. The largest absolute Gasteiger partial charge is 0.341 e. The molecule has 6 nitrogen and oxygen atoms in total. The van der Waals surface area contributed by atoms with Gasteiger partial charge in [-0.1, -0.05) is 48.0 Å². The van der Waals surface area contributed by atoms with Gasteiger partial charge in [0.25, 0.3) is 5.56 Å². The molecule has 1 aromatic heterocycles. The zero-order valence-corrected chi connectivity index (χ0v) is 16.5. The first-order valence-electron chi connectivity index (χ1n) is 8.81. The van der Waals surface area contributed by atoms with Crippen molar-refractivity contribution in [3.8, 4) is 0 Å². The highest BCUT2D eigenvalue weighted by Crippen LogP contribution is 2.16. The van der Waals surface area contributed by atoms with E-state index in [1.54, 1.807) is 31.2 Å². The summed E-state index contributed by atoms with van der Waals surface area (Å²) in [6.45, 7) is 2.18. The molecule has 0 fully saturated rings. The van der Waals surface area contributed by atoms with Crippen LogP contribution < -0.4 is 15.8 Å². The predicted molar refractivity (Wildman–Crippen MR) is 112 cm³/mol. The summed E-state index contributed by atoms with van der Waals surface area (Å²) in [5, 5.41) is 3.28. The number of halogens is 1. The summed E-state index contributed by atoms with van der Waals surface area (Å²) in [6, 6.07) is 18.1. The number of benzene rings is 2. The molecule has 0 aliphatic rings. The van der Waals surface area contributed by atoms with Crippen molar-refractivity contribution in [3.63, 3.8) is 0 Å². The molecule has 3 aromatic rings. The van der Waals surface area contributed by atoms with E-state index < -0.39 is 0 Å². The van der Waals surface area contributed by atoms with Crippen LogP contribution in [0.2, 0.25) is 5.02 Å². The second-order valence-electron chi connectivity index (χ2n) is 6.52. The summed E-state index contributed by atoms with van der Waals surface area (Å²) < 4.78 is 1.37. The Labute approximate surface area is 168 Å². The first-order chi connectivity index (χ1) is 13.4. The minimum atomic E-state index is -0.329. The van der Waals surface area contributed by atoms with Crippen molar-refractivity contribution >= 4 is 29.1 Å². The van der Waals surface area contributed by atoms with Crippen LogP contribution in [0.4, 0.5) is 11.6 Å². The third-order valence-corrected chi connectivity index (χ3v) is 4.37. The fourth-order valence-electron chi connectivity index (χ4n) is 2.88. The fraction of sp³-hybridized carbons (Fsp3) is 0.190.